The zero-order valence-corrected chi connectivity index (χ0v) is 11.8. The molecule has 4 heteroatoms. The van der Waals surface area contributed by atoms with E-state index in [1.807, 2.05) is 24.3 Å². The quantitative estimate of drug-likeness (QED) is 0.775. The Morgan fingerprint density at radius 2 is 1.95 bits per heavy atom. The SMILES string of the molecule is CC(c1[nH]nc2ccccc12)N1Cc2ccc(F)cc2C1. The van der Waals surface area contributed by atoms with Gasteiger partial charge in [0.15, 0.2) is 0 Å². The Hall–Kier alpha value is -2.20. The smallest absolute Gasteiger partial charge is 0.123 e. The molecule has 0 radical (unpaired) electrons. The normalized spacial score (nSPS) is 16.3. The molecule has 1 unspecified atom stereocenters. The summed E-state index contributed by atoms with van der Waals surface area (Å²) in [4.78, 5) is 2.34. The van der Waals surface area contributed by atoms with Crippen LogP contribution in [0.1, 0.15) is 29.8 Å². The summed E-state index contributed by atoms with van der Waals surface area (Å²) in [5.41, 5.74) is 4.42. The van der Waals surface area contributed by atoms with Gasteiger partial charge in [-0.3, -0.25) is 10.00 Å². The molecule has 1 aromatic heterocycles. The Morgan fingerprint density at radius 1 is 1.14 bits per heavy atom. The van der Waals surface area contributed by atoms with E-state index in [0.717, 1.165) is 35.2 Å². The minimum atomic E-state index is -0.157. The van der Waals surface area contributed by atoms with Crippen LogP contribution in [0.25, 0.3) is 10.9 Å². The van der Waals surface area contributed by atoms with E-state index in [4.69, 9.17) is 0 Å². The van der Waals surface area contributed by atoms with Gasteiger partial charge in [0.25, 0.3) is 0 Å². The second kappa shape index (κ2) is 4.67. The molecule has 0 saturated carbocycles. The molecule has 0 bridgehead atoms. The Balaban J connectivity index is 1.66. The minimum Gasteiger partial charge on any atom is -0.287 e. The summed E-state index contributed by atoms with van der Waals surface area (Å²) >= 11 is 0. The standard InChI is InChI=1S/C17H16FN3/c1-11(17-15-4-2-3-5-16(15)19-20-17)21-9-12-6-7-14(18)8-13(12)10-21/h2-8,11H,9-10H2,1H3,(H,19,20). The number of para-hydroxylation sites is 1. The van der Waals surface area contributed by atoms with Gasteiger partial charge < -0.3 is 0 Å². The molecule has 2 aromatic carbocycles. The van der Waals surface area contributed by atoms with Crippen molar-refractivity contribution < 1.29 is 4.39 Å². The van der Waals surface area contributed by atoms with Crippen molar-refractivity contribution in [3.05, 3.63) is 65.1 Å². The number of fused-ring (bicyclic) bond motifs is 2. The first-order valence-electron chi connectivity index (χ1n) is 7.17. The average molecular weight is 281 g/mol. The van der Waals surface area contributed by atoms with Crippen LogP contribution in [0.2, 0.25) is 0 Å². The van der Waals surface area contributed by atoms with Crippen molar-refractivity contribution in [1.29, 1.82) is 0 Å². The number of nitrogens with one attached hydrogen (secondary N) is 1. The molecule has 1 aliphatic rings. The van der Waals surface area contributed by atoms with E-state index < -0.39 is 0 Å². The molecule has 0 aliphatic carbocycles. The molecule has 3 nitrogen and oxygen atoms in total. The van der Waals surface area contributed by atoms with E-state index in [1.165, 1.54) is 5.56 Å². The number of hydrogen-bond donors (Lipinski definition) is 1. The van der Waals surface area contributed by atoms with Crippen LogP contribution in [0, 0.1) is 5.82 Å². The van der Waals surface area contributed by atoms with Gasteiger partial charge in [-0.2, -0.15) is 5.10 Å². The van der Waals surface area contributed by atoms with Gasteiger partial charge in [0, 0.05) is 24.5 Å². The first kappa shape index (κ1) is 12.5. The van der Waals surface area contributed by atoms with E-state index >= 15 is 0 Å². The molecular weight excluding hydrogens is 265 g/mol. The molecule has 0 amide bonds. The van der Waals surface area contributed by atoms with Crippen molar-refractivity contribution >= 4 is 10.9 Å². The fourth-order valence-corrected chi connectivity index (χ4v) is 3.14. The lowest BCUT2D eigenvalue weighted by atomic mass is 10.1. The molecule has 21 heavy (non-hydrogen) atoms. The number of aromatic amines is 1. The molecule has 2 heterocycles. The number of rotatable bonds is 2. The number of H-pyrrole nitrogens is 1. The van der Waals surface area contributed by atoms with E-state index in [-0.39, 0.29) is 11.9 Å². The number of hydrogen-bond acceptors (Lipinski definition) is 2. The highest BCUT2D eigenvalue weighted by Crippen LogP contribution is 2.33. The first-order valence-corrected chi connectivity index (χ1v) is 7.17. The highest BCUT2D eigenvalue weighted by molar-refractivity contribution is 5.81. The molecule has 0 fully saturated rings. The summed E-state index contributed by atoms with van der Waals surface area (Å²) in [6.45, 7) is 3.80. The van der Waals surface area contributed by atoms with Crippen molar-refractivity contribution in [3.8, 4) is 0 Å². The number of benzene rings is 2. The van der Waals surface area contributed by atoms with Crippen LogP contribution in [-0.2, 0) is 13.1 Å². The van der Waals surface area contributed by atoms with Crippen molar-refractivity contribution in [2.45, 2.75) is 26.1 Å². The second-order valence-corrected chi connectivity index (χ2v) is 5.65. The van der Waals surface area contributed by atoms with Crippen LogP contribution >= 0.6 is 0 Å². The third-order valence-corrected chi connectivity index (χ3v) is 4.37. The summed E-state index contributed by atoms with van der Waals surface area (Å²) in [6, 6.07) is 13.4. The second-order valence-electron chi connectivity index (χ2n) is 5.65. The highest BCUT2D eigenvalue weighted by Gasteiger charge is 2.26. The van der Waals surface area contributed by atoms with Gasteiger partial charge >= 0.3 is 0 Å². The summed E-state index contributed by atoms with van der Waals surface area (Å²) < 4.78 is 13.3. The van der Waals surface area contributed by atoms with E-state index in [9.17, 15) is 4.39 Å². The van der Waals surface area contributed by atoms with Crippen LogP contribution < -0.4 is 0 Å². The molecule has 0 saturated heterocycles. The summed E-state index contributed by atoms with van der Waals surface area (Å²) in [6.07, 6.45) is 0. The zero-order chi connectivity index (χ0) is 14.4. The summed E-state index contributed by atoms with van der Waals surface area (Å²) in [5.74, 6) is -0.157. The van der Waals surface area contributed by atoms with Crippen LogP contribution in [-0.4, -0.2) is 15.1 Å². The maximum Gasteiger partial charge on any atom is 0.123 e. The molecule has 4 rings (SSSR count). The Bertz CT molecular complexity index is 809. The predicted octanol–water partition coefficient (Wildman–Crippen LogP) is 3.78. The van der Waals surface area contributed by atoms with Crippen molar-refractivity contribution in [3.63, 3.8) is 0 Å². The number of halogens is 1. The molecule has 3 aromatic rings. The number of aromatic nitrogens is 2. The third-order valence-electron chi connectivity index (χ3n) is 4.37. The highest BCUT2D eigenvalue weighted by atomic mass is 19.1. The molecule has 1 aliphatic heterocycles. The van der Waals surface area contributed by atoms with Gasteiger partial charge in [0.2, 0.25) is 0 Å². The van der Waals surface area contributed by atoms with Gasteiger partial charge in [-0.1, -0.05) is 24.3 Å². The van der Waals surface area contributed by atoms with Crippen LogP contribution in [0.15, 0.2) is 42.5 Å². The predicted molar refractivity (Wildman–Crippen MR) is 80.2 cm³/mol. The fourth-order valence-electron chi connectivity index (χ4n) is 3.14. The first-order chi connectivity index (χ1) is 10.2. The van der Waals surface area contributed by atoms with Gasteiger partial charge in [0.05, 0.1) is 11.2 Å². The fraction of sp³-hybridized carbons (Fsp3) is 0.235. The Labute approximate surface area is 122 Å². The molecule has 0 spiro atoms. The minimum absolute atomic E-state index is 0.157. The van der Waals surface area contributed by atoms with Crippen LogP contribution in [0.5, 0.6) is 0 Å². The van der Waals surface area contributed by atoms with E-state index in [1.54, 1.807) is 12.1 Å². The van der Waals surface area contributed by atoms with Gasteiger partial charge in [-0.15, -0.1) is 0 Å². The van der Waals surface area contributed by atoms with Gasteiger partial charge in [-0.05, 0) is 36.2 Å². The lowest BCUT2D eigenvalue weighted by molar-refractivity contribution is 0.212. The molecule has 106 valence electrons. The summed E-state index contributed by atoms with van der Waals surface area (Å²) in [7, 11) is 0. The van der Waals surface area contributed by atoms with E-state index in [2.05, 4.69) is 28.1 Å². The van der Waals surface area contributed by atoms with E-state index in [0.29, 0.717) is 0 Å². The lowest BCUT2D eigenvalue weighted by Gasteiger charge is -2.22. The van der Waals surface area contributed by atoms with Gasteiger partial charge in [-0.25, -0.2) is 4.39 Å². The maximum atomic E-state index is 13.3. The lowest BCUT2D eigenvalue weighted by Crippen LogP contribution is -2.21. The third kappa shape index (κ3) is 2.03. The number of nitrogens with zero attached hydrogens (tertiary/aromatic N) is 2. The Morgan fingerprint density at radius 3 is 2.86 bits per heavy atom. The van der Waals surface area contributed by atoms with Crippen molar-refractivity contribution in [1.82, 2.24) is 15.1 Å². The summed E-state index contributed by atoms with van der Waals surface area (Å²) in [5, 5.41) is 8.68. The molecule has 1 N–H and O–H groups in total. The largest absolute Gasteiger partial charge is 0.287 e. The van der Waals surface area contributed by atoms with Gasteiger partial charge in [0.1, 0.15) is 5.82 Å². The average Bonchev–Trinajstić information content (AvgIpc) is 3.09. The van der Waals surface area contributed by atoms with Crippen LogP contribution in [0.3, 0.4) is 0 Å². The Kier molecular flexibility index (Phi) is 2.79. The monoisotopic (exact) mass is 281 g/mol. The van der Waals surface area contributed by atoms with Crippen molar-refractivity contribution in [2.75, 3.05) is 0 Å². The topological polar surface area (TPSA) is 31.9 Å². The molecular formula is C17H16FN3. The maximum absolute atomic E-state index is 13.3. The van der Waals surface area contributed by atoms with Crippen LogP contribution in [0.4, 0.5) is 4.39 Å². The van der Waals surface area contributed by atoms with Crippen molar-refractivity contribution in [2.24, 2.45) is 0 Å². The molecule has 1 atom stereocenters. The zero-order valence-electron chi connectivity index (χ0n) is 11.8.